The summed E-state index contributed by atoms with van der Waals surface area (Å²) in [5, 5.41) is 0. The van der Waals surface area contributed by atoms with E-state index < -0.39 is 6.04 Å². The number of rotatable bonds is 3. The highest BCUT2D eigenvalue weighted by atomic mass is 79.9. The van der Waals surface area contributed by atoms with Crippen LogP contribution in [0.2, 0.25) is 0 Å². The minimum atomic E-state index is -0.451. The van der Waals surface area contributed by atoms with Gasteiger partial charge < -0.3 is 9.47 Å². The fourth-order valence-electron chi connectivity index (χ4n) is 3.19. The molecule has 2 heterocycles. The average Bonchev–Trinajstić information content (AvgIpc) is 3.05. The smallest absolute Gasteiger partial charge is 0.250 e. The van der Waals surface area contributed by atoms with Crippen LogP contribution in [0.25, 0.3) is 0 Å². The fourth-order valence-corrected chi connectivity index (χ4v) is 3.45. The van der Waals surface area contributed by atoms with Gasteiger partial charge in [-0.15, -0.1) is 0 Å². The normalized spacial score (nSPS) is 16.8. The molecule has 1 atom stereocenters. The van der Waals surface area contributed by atoms with Gasteiger partial charge in [-0.3, -0.25) is 4.79 Å². The number of hydrogen-bond acceptors (Lipinski definition) is 2. The van der Waals surface area contributed by atoms with Gasteiger partial charge in [0.1, 0.15) is 11.9 Å². The first kappa shape index (κ1) is 16.0. The van der Waals surface area contributed by atoms with Crippen molar-refractivity contribution in [1.29, 1.82) is 0 Å². The molecule has 0 radical (unpaired) electrons. The number of halogens is 2. The zero-order valence-electron chi connectivity index (χ0n) is 13.3. The highest BCUT2D eigenvalue weighted by Crippen LogP contribution is 2.30. The SMILES string of the molecule is O=C1C(c2ccc(Br)cc2)n2cncc2CN1Cc1cccc(F)c1. The second-order valence-corrected chi connectivity index (χ2v) is 6.99. The Balaban J connectivity index is 1.70. The van der Waals surface area contributed by atoms with Gasteiger partial charge >= 0.3 is 0 Å². The van der Waals surface area contributed by atoms with E-state index in [1.54, 1.807) is 23.5 Å². The maximum atomic E-state index is 13.5. The van der Waals surface area contributed by atoms with Gasteiger partial charge in [0, 0.05) is 17.2 Å². The Morgan fingerprint density at radius 2 is 2.00 bits per heavy atom. The summed E-state index contributed by atoms with van der Waals surface area (Å²) in [6.45, 7) is 0.831. The van der Waals surface area contributed by atoms with Crippen LogP contribution in [-0.2, 0) is 17.9 Å². The molecule has 0 bridgehead atoms. The summed E-state index contributed by atoms with van der Waals surface area (Å²) >= 11 is 3.42. The predicted octanol–water partition coefficient (Wildman–Crippen LogP) is 3.92. The Morgan fingerprint density at radius 1 is 1.20 bits per heavy atom. The highest BCUT2D eigenvalue weighted by molar-refractivity contribution is 9.10. The summed E-state index contributed by atoms with van der Waals surface area (Å²) in [5.74, 6) is -0.312. The molecule has 0 saturated heterocycles. The van der Waals surface area contributed by atoms with E-state index in [1.165, 1.54) is 12.1 Å². The third kappa shape index (κ3) is 3.09. The largest absolute Gasteiger partial charge is 0.330 e. The van der Waals surface area contributed by atoms with Gasteiger partial charge in [0.2, 0.25) is 0 Å². The van der Waals surface area contributed by atoms with E-state index in [1.807, 2.05) is 34.9 Å². The maximum Gasteiger partial charge on any atom is 0.250 e. The number of carbonyl (C=O) groups excluding carboxylic acids is 1. The Bertz CT molecular complexity index is 922. The molecule has 1 unspecified atom stereocenters. The van der Waals surface area contributed by atoms with Gasteiger partial charge in [-0.2, -0.15) is 0 Å². The first-order chi connectivity index (χ1) is 12.1. The summed E-state index contributed by atoms with van der Waals surface area (Å²) < 4.78 is 16.3. The molecule has 1 aliphatic rings. The van der Waals surface area contributed by atoms with Gasteiger partial charge in [0.25, 0.3) is 5.91 Å². The van der Waals surface area contributed by atoms with Gasteiger partial charge in [-0.05, 0) is 35.4 Å². The number of benzene rings is 2. The Morgan fingerprint density at radius 3 is 2.76 bits per heavy atom. The van der Waals surface area contributed by atoms with Crippen molar-refractivity contribution in [2.24, 2.45) is 0 Å². The lowest BCUT2D eigenvalue weighted by Crippen LogP contribution is -2.42. The van der Waals surface area contributed by atoms with E-state index in [9.17, 15) is 9.18 Å². The lowest BCUT2D eigenvalue weighted by molar-refractivity contribution is -0.136. The van der Waals surface area contributed by atoms with E-state index in [0.29, 0.717) is 13.1 Å². The first-order valence-corrected chi connectivity index (χ1v) is 8.70. The zero-order valence-corrected chi connectivity index (χ0v) is 14.9. The second-order valence-electron chi connectivity index (χ2n) is 6.07. The van der Waals surface area contributed by atoms with E-state index >= 15 is 0 Å². The molecule has 0 N–H and O–H groups in total. The van der Waals surface area contributed by atoms with Crippen molar-refractivity contribution in [2.75, 3.05) is 0 Å². The molecule has 1 aliphatic heterocycles. The standard InChI is InChI=1S/C19H15BrFN3O/c20-15-6-4-14(5-7-15)18-19(25)23(11-17-9-22-12-24(17)18)10-13-2-1-3-16(21)8-13/h1-9,12,18H,10-11H2. The van der Waals surface area contributed by atoms with Crippen LogP contribution in [0.1, 0.15) is 22.9 Å². The van der Waals surface area contributed by atoms with Crippen molar-refractivity contribution in [2.45, 2.75) is 19.1 Å². The quantitative estimate of drug-likeness (QED) is 0.669. The lowest BCUT2D eigenvalue weighted by Gasteiger charge is -2.34. The summed E-state index contributed by atoms with van der Waals surface area (Å²) in [5.41, 5.74) is 2.64. The molecule has 6 heteroatoms. The van der Waals surface area contributed by atoms with Crippen LogP contribution in [0.15, 0.2) is 65.5 Å². The summed E-state index contributed by atoms with van der Waals surface area (Å²) in [6.07, 6.45) is 3.47. The number of hydrogen-bond donors (Lipinski definition) is 0. The van der Waals surface area contributed by atoms with Gasteiger partial charge in [0.05, 0.1) is 18.6 Å². The van der Waals surface area contributed by atoms with E-state index in [2.05, 4.69) is 20.9 Å². The van der Waals surface area contributed by atoms with Crippen molar-refractivity contribution in [3.05, 3.63) is 88.2 Å². The molecular formula is C19H15BrFN3O. The molecule has 0 saturated carbocycles. The molecule has 0 spiro atoms. The highest BCUT2D eigenvalue weighted by Gasteiger charge is 2.34. The van der Waals surface area contributed by atoms with E-state index in [0.717, 1.165) is 21.3 Å². The maximum absolute atomic E-state index is 13.5. The van der Waals surface area contributed by atoms with Crippen molar-refractivity contribution < 1.29 is 9.18 Å². The second kappa shape index (κ2) is 6.44. The van der Waals surface area contributed by atoms with Crippen LogP contribution in [0.5, 0.6) is 0 Å². The number of imidazole rings is 1. The van der Waals surface area contributed by atoms with Crippen molar-refractivity contribution in [1.82, 2.24) is 14.5 Å². The molecule has 4 nitrogen and oxygen atoms in total. The molecule has 126 valence electrons. The molecule has 25 heavy (non-hydrogen) atoms. The third-order valence-electron chi connectivity index (χ3n) is 4.37. The molecular weight excluding hydrogens is 385 g/mol. The average molecular weight is 400 g/mol. The molecule has 0 fully saturated rings. The van der Waals surface area contributed by atoms with E-state index in [4.69, 9.17) is 0 Å². The first-order valence-electron chi connectivity index (χ1n) is 7.91. The van der Waals surface area contributed by atoms with Gasteiger partial charge in [-0.1, -0.05) is 40.2 Å². The molecule has 3 aromatic rings. The Labute approximate surface area is 153 Å². The topological polar surface area (TPSA) is 38.1 Å². The van der Waals surface area contributed by atoms with Gasteiger partial charge in [-0.25, -0.2) is 9.37 Å². The number of fused-ring (bicyclic) bond motifs is 1. The zero-order chi connectivity index (χ0) is 17.4. The van der Waals surface area contributed by atoms with Crippen LogP contribution in [0.3, 0.4) is 0 Å². The predicted molar refractivity (Wildman–Crippen MR) is 95.2 cm³/mol. The summed E-state index contributed by atoms with van der Waals surface area (Å²) in [6, 6.07) is 13.6. The fraction of sp³-hybridized carbons (Fsp3) is 0.158. The van der Waals surface area contributed by atoms with Crippen LogP contribution in [-0.4, -0.2) is 20.4 Å². The molecule has 1 aromatic heterocycles. The minimum absolute atomic E-state index is 0.0166. The van der Waals surface area contributed by atoms with Crippen LogP contribution in [0.4, 0.5) is 4.39 Å². The molecule has 2 aromatic carbocycles. The number of amides is 1. The lowest BCUT2D eigenvalue weighted by atomic mass is 10.0. The van der Waals surface area contributed by atoms with Crippen molar-refractivity contribution in [3.8, 4) is 0 Å². The van der Waals surface area contributed by atoms with E-state index in [-0.39, 0.29) is 11.7 Å². The monoisotopic (exact) mass is 399 g/mol. The van der Waals surface area contributed by atoms with Crippen LogP contribution < -0.4 is 0 Å². The number of aromatic nitrogens is 2. The van der Waals surface area contributed by atoms with Gasteiger partial charge in [0.15, 0.2) is 0 Å². The molecule has 1 amide bonds. The third-order valence-corrected chi connectivity index (χ3v) is 4.90. The van der Waals surface area contributed by atoms with Crippen LogP contribution in [0, 0.1) is 5.82 Å². The Kier molecular flexibility index (Phi) is 4.13. The van der Waals surface area contributed by atoms with Crippen molar-refractivity contribution >= 4 is 21.8 Å². The van der Waals surface area contributed by atoms with Crippen molar-refractivity contribution in [3.63, 3.8) is 0 Å². The summed E-state index contributed by atoms with van der Waals surface area (Å²) in [7, 11) is 0. The number of carbonyl (C=O) groups is 1. The number of nitrogens with zero attached hydrogens (tertiary/aromatic N) is 3. The molecule has 4 rings (SSSR count). The minimum Gasteiger partial charge on any atom is -0.330 e. The summed E-state index contributed by atoms with van der Waals surface area (Å²) in [4.78, 5) is 19.1. The van der Waals surface area contributed by atoms with Crippen LogP contribution >= 0.6 is 15.9 Å². The molecule has 0 aliphatic carbocycles. The Hall–Kier alpha value is -2.47.